The number of sulfonamides is 1. The fraction of sp³-hybridized carbons (Fsp3) is 0.200. The molecule has 0 aliphatic heterocycles. The van der Waals surface area contributed by atoms with E-state index >= 15 is 0 Å². The van der Waals surface area contributed by atoms with Crippen LogP contribution in [0.2, 0.25) is 0 Å². The van der Waals surface area contributed by atoms with Gasteiger partial charge in [0.15, 0.2) is 0 Å². The Morgan fingerprint density at radius 2 is 1.74 bits per heavy atom. The summed E-state index contributed by atoms with van der Waals surface area (Å²) >= 11 is 3.52. The number of hydrogen-bond acceptors (Lipinski definition) is 5. The van der Waals surface area contributed by atoms with Crippen LogP contribution in [0.15, 0.2) is 87.3 Å². The summed E-state index contributed by atoms with van der Waals surface area (Å²) in [4.78, 5) is 14.7. The number of carbonyl (C=O) groups excluding carboxylic acids is 1. The average Bonchev–Trinajstić information content (AvgIpc) is 2.79. The Hall–Kier alpha value is -3.01. The van der Waals surface area contributed by atoms with Crippen molar-refractivity contribution in [2.45, 2.75) is 24.3 Å². The quantitative estimate of drug-likeness (QED) is 0.310. The fourth-order valence-electron chi connectivity index (χ4n) is 3.26. The first-order chi connectivity index (χ1) is 16.2. The van der Waals surface area contributed by atoms with Crippen LogP contribution in [0, 0.1) is 6.92 Å². The lowest BCUT2D eigenvalue weighted by atomic mass is 10.0. The zero-order valence-electron chi connectivity index (χ0n) is 19.2. The maximum atomic E-state index is 12.9. The second-order valence-electron chi connectivity index (χ2n) is 8.00. The van der Waals surface area contributed by atoms with Crippen molar-refractivity contribution in [2.75, 3.05) is 19.0 Å². The van der Waals surface area contributed by atoms with Crippen molar-refractivity contribution in [3.8, 4) is 0 Å². The lowest BCUT2D eigenvalue weighted by Crippen LogP contribution is -2.32. The maximum absolute atomic E-state index is 12.9. The zero-order valence-corrected chi connectivity index (χ0v) is 21.6. The lowest BCUT2D eigenvalue weighted by Gasteiger charge is -2.18. The van der Waals surface area contributed by atoms with Crippen LogP contribution in [0.3, 0.4) is 0 Å². The first-order valence-corrected chi connectivity index (χ1v) is 12.9. The van der Waals surface area contributed by atoms with E-state index in [1.165, 1.54) is 6.21 Å². The van der Waals surface area contributed by atoms with Crippen molar-refractivity contribution in [1.29, 1.82) is 0 Å². The van der Waals surface area contributed by atoms with Gasteiger partial charge in [-0.05, 0) is 58.2 Å². The number of benzene rings is 3. The standard InChI is InChI=1S/C25H27BrN4O3S/c1-18-9-12-21(13-10-18)34(32,33)29-23(20-7-5-4-6-8-20)16-25(31)28-27-17-19-11-14-24(30(2)3)22(26)15-19/h4-15,17,23,29H,16H2,1-3H3,(H,28,31)/b27-17-/t23-/m0/s1. The van der Waals surface area contributed by atoms with Gasteiger partial charge in [0.25, 0.3) is 0 Å². The Morgan fingerprint density at radius 1 is 1.06 bits per heavy atom. The second-order valence-corrected chi connectivity index (χ2v) is 10.6. The fourth-order valence-corrected chi connectivity index (χ4v) is 5.24. The normalized spacial score (nSPS) is 12.5. The molecule has 0 heterocycles. The number of carbonyl (C=O) groups is 1. The highest BCUT2D eigenvalue weighted by Gasteiger charge is 2.23. The molecule has 0 fully saturated rings. The molecule has 178 valence electrons. The molecule has 34 heavy (non-hydrogen) atoms. The molecule has 0 spiro atoms. The Bertz CT molecular complexity index is 1260. The summed E-state index contributed by atoms with van der Waals surface area (Å²) in [5.74, 6) is -0.416. The number of hydrazone groups is 1. The summed E-state index contributed by atoms with van der Waals surface area (Å²) in [5.41, 5.74) is 5.95. The number of aryl methyl sites for hydroxylation is 1. The molecule has 3 aromatic carbocycles. The van der Waals surface area contributed by atoms with Gasteiger partial charge in [0.2, 0.25) is 15.9 Å². The van der Waals surface area contributed by atoms with Gasteiger partial charge in [-0.15, -0.1) is 0 Å². The van der Waals surface area contributed by atoms with Crippen LogP contribution in [0.4, 0.5) is 5.69 Å². The molecular weight excluding hydrogens is 516 g/mol. The van der Waals surface area contributed by atoms with Crippen LogP contribution in [-0.4, -0.2) is 34.6 Å². The van der Waals surface area contributed by atoms with E-state index in [-0.39, 0.29) is 11.3 Å². The van der Waals surface area contributed by atoms with Crippen molar-refractivity contribution >= 4 is 43.8 Å². The summed E-state index contributed by atoms with van der Waals surface area (Å²) in [6, 6.07) is 20.5. The van der Waals surface area contributed by atoms with E-state index < -0.39 is 22.0 Å². The Labute approximate surface area is 209 Å². The minimum atomic E-state index is -3.83. The molecule has 0 bridgehead atoms. The summed E-state index contributed by atoms with van der Waals surface area (Å²) < 4.78 is 29.4. The van der Waals surface area contributed by atoms with Gasteiger partial charge in [-0.25, -0.2) is 18.6 Å². The number of amides is 1. The molecule has 0 saturated carbocycles. The van der Waals surface area contributed by atoms with Crippen LogP contribution in [0.25, 0.3) is 0 Å². The lowest BCUT2D eigenvalue weighted by molar-refractivity contribution is -0.121. The molecule has 0 unspecified atom stereocenters. The molecule has 0 saturated heterocycles. The number of nitrogens with one attached hydrogen (secondary N) is 2. The molecule has 1 amide bonds. The van der Waals surface area contributed by atoms with Gasteiger partial charge in [0.1, 0.15) is 0 Å². The molecule has 0 aliphatic carbocycles. The van der Waals surface area contributed by atoms with E-state index in [0.717, 1.165) is 21.3 Å². The molecule has 0 aromatic heterocycles. The first-order valence-electron chi connectivity index (χ1n) is 10.6. The summed E-state index contributed by atoms with van der Waals surface area (Å²) in [6.07, 6.45) is 1.42. The maximum Gasteiger partial charge on any atom is 0.242 e. The highest BCUT2D eigenvalue weighted by Crippen LogP contribution is 2.25. The Balaban J connectivity index is 1.71. The molecule has 3 rings (SSSR count). The van der Waals surface area contributed by atoms with Gasteiger partial charge < -0.3 is 4.90 Å². The summed E-state index contributed by atoms with van der Waals surface area (Å²) in [6.45, 7) is 1.89. The highest BCUT2D eigenvalue weighted by molar-refractivity contribution is 9.10. The van der Waals surface area contributed by atoms with Gasteiger partial charge in [-0.1, -0.05) is 54.1 Å². The Kier molecular flexibility index (Phi) is 8.60. The zero-order chi connectivity index (χ0) is 24.7. The third-order valence-corrected chi connectivity index (χ3v) is 7.20. The smallest absolute Gasteiger partial charge is 0.242 e. The minimum absolute atomic E-state index is 0.115. The number of nitrogens with zero attached hydrogens (tertiary/aromatic N) is 2. The van der Waals surface area contributed by atoms with Crippen LogP contribution in [-0.2, 0) is 14.8 Å². The van der Waals surface area contributed by atoms with Gasteiger partial charge in [0, 0.05) is 25.0 Å². The van der Waals surface area contributed by atoms with E-state index in [1.807, 2.05) is 50.2 Å². The largest absolute Gasteiger partial charge is 0.377 e. The van der Waals surface area contributed by atoms with E-state index in [1.54, 1.807) is 48.5 Å². The minimum Gasteiger partial charge on any atom is -0.377 e. The van der Waals surface area contributed by atoms with Crippen molar-refractivity contribution in [3.05, 3.63) is 94.0 Å². The number of rotatable bonds is 9. The average molecular weight is 543 g/mol. The SMILES string of the molecule is Cc1ccc(S(=O)(=O)N[C@@H](CC(=O)N/N=C\c2ccc(N(C)C)c(Br)c2)c2ccccc2)cc1. The molecule has 3 aromatic rings. The predicted molar refractivity (Wildman–Crippen MR) is 140 cm³/mol. The topological polar surface area (TPSA) is 90.9 Å². The molecular formula is C25H27BrN4O3S. The molecule has 9 heteroatoms. The highest BCUT2D eigenvalue weighted by atomic mass is 79.9. The number of halogens is 1. The van der Waals surface area contributed by atoms with Gasteiger partial charge in [0.05, 0.1) is 22.8 Å². The summed E-state index contributed by atoms with van der Waals surface area (Å²) in [7, 11) is 0.0704. The third-order valence-electron chi connectivity index (χ3n) is 5.08. The van der Waals surface area contributed by atoms with Crippen LogP contribution in [0.1, 0.15) is 29.2 Å². The monoisotopic (exact) mass is 542 g/mol. The van der Waals surface area contributed by atoms with Gasteiger partial charge in [-0.3, -0.25) is 4.79 Å². The van der Waals surface area contributed by atoms with Gasteiger partial charge in [-0.2, -0.15) is 5.10 Å². The number of hydrogen-bond donors (Lipinski definition) is 2. The van der Waals surface area contributed by atoms with Crippen molar-refractivity contribution in [3.63, 3.8) is 0 Å². The van der Waals surface area contributed by atoms with E-state index in [9.17, 15) is 13.2 Å². The molecule has 7 nitrogen and oxygen atoms in total. The molecule has 1 atom stereocenters. The molecule has 0 aliphatic rings. The third kappa shape index (κ3) is 6.99. The predicted octanol–water partition coefficient (Wildman–Crippen LogP) is 4.38. The van der Waals surface area contributed by atoms with E-state index in [4.69, 9.17) is 0 Å². The van der Waals surface area contributed by atoms with Gasteiger partial charge >= 0.3 is 0 Å². The molecule has 0 radical (unpaired) electrons. The van der Waals surface area contributed by atoms with Crippen molar-refractivity contribution in [2.24, 2.45) is 5.10 Å². The van der Waals surface area contributed by atoms with E-state index in [0.29, 0.717) is 5.56 Å². The second kappa shape index (κ2) is 11.4. The Morgan fingerprint density at radius 3 is 2.35 bits per heavy atom. The van der Waals surface area contributed by atoms with Crippen molar-refractivity contribution in [1.82, 2.24) is 10.1 Å². The van der Waals surface area contributed by atoms with Crippen molar-refractivity contribution < 1.29 is 13.2 Å². The number of anilines is 1. The van der Waals surface area contributed by atoms with Crippen LogP contribution >= 0.6 is 15.9 Å². The van der Waals surface area contributed by atoms with E-state index in [2.05, 4.69) is 31.2 Å². The van der Waals surface area contributed by atoms with Crippen LogP contribution in [0.5, 0.6) is 0 Å². The summed E-state index contributed by atoms with van der Waals surface area (Å²) in [5, 5.41) is 4.03. The molecule has 2 N–H and O–H groups in total. The van der Waals surface area contributed by atoms with Crippen LogP contribution < -0.4 is 15.0 Å². The first kappa shape index (κ1) is 25.6.